The maximum absolute atomic E-state index is 11.2. The quantitative estimate of drug-likeness (QED) is 0.0437. The van der Waals surface area contributed by atoms with E-state index in [2.05, 4.69) is 49.3 Å². The normalized spacial score (nSPS) is 10.8. The molecule has 0 heterocycles. The van der Waals surface area contributed by atoms with Gasteiger partial charge in [-0.05, 0) is 43.5 Å². The van der Waals surface area contributed by atoms with E-state index < -0.39 is 0 Å². The fourth-order valence-corrected chi connectivity index (χ4v) is 5.49. The summed E-state index contributed by atoms with van der Waals surface area (Å²) in [7, 11) is 1.89. The molecule has 0 aliphatic carbocycles. The third-order valence-corrected chi connectivity index (χ3v) is 8.17. The molecule has 0 aromatic heterocycles. The average molecular weight is 671 g/mol. The molecular formula is C38H62N4O6. The summed E-state index contributed by atoms with van der Waals surface area (Å²) in [6.45, 7) is 12.1. The van der Waals surface area contributed by atoms with Crippen LogP contribution in [0.3, 0.4) is 0 Å². The Morgan fingerprint density at radius 3 is 1.75 bits per heavy atom. The van der Waals surface area contributed by atoms with Gasteiger partial charge in [-0.15, -0.1) is 0 Å². The molecule has 0 saturated carbocycles. The molecule has 2 aromatic rings. The Morgan fingerprint density at radius 1 is 0.708 bits per heavy atom. The van der Waals surface area contributed by atoms with Crippen LogP contribution in [0.5, 0.6) is 11.5 Å². The highest BCUT2D eigenvalue weighted by molar-refractivity contribution is 5.73. The van der Waals surface area contributed by atoms with Crippen molar-refractivity contribution >= 4 is 34.7 Å². The third-order valence-electron chi connectivity index (χ3n) is 8.17. The molecule has 0 aliphatic heterocycles. The zero-order valence-corrected chi connectivity index (χ0v) is 30.5. The molecule has 0 saturated heterocycles. The van der Waals surface area contributed by atoms with Crippen LogP contribution in [0.25, 0.3) is 0 Å². The lowest BCUT2D eigenvalue weighted by molar-refractivity contribution is -0.142. The van der Waals surface area contributed by atoms with Crippen molar-refractivity contribution in [3.05, 3.63) is 35.9 Å². The van der Waals surface area contributed by atoms with Crippen molar-refractivity contribution in [3.8, 4) is 11.5 Å². The first-order valence-corrected chi connectivity index (χ1v) is 18.0. The van der Waals surface area contributed by atoms with Gasteiger partial charge in [-0.3, -0.25) is 20.0 Å². The molecule has 0 radical (unpaired) electrons. The highest BCUT2D eigenvalue weighted by Crippen LogP contribution is 2.37. The van der Waals surface area contributed by atoms with Crippen LogP contribution < -0.4 is 30.5 Å². The van der Waals surface area contributed by atoms with Gasteiger partial charge in [-0.2, -0.15) is 0 Å². The molecule has 3 N–H and O–H groups in total. The summed E-state index contributed by atoms with van der Waals surface area (Å²) in [6, 6.07) is 10.1. The van der Waals surface area contributed by atoms with Crippen LogP contribution in [0.15, 0.2) is 30.3 Å². The Kier molecular flexibility index (Phi) is 19.8. The summed E-state index contributed by atoms with van der Waals surface area (Å²) in [5, 5.41) is 1.85. The van der Waals surface area contributed by atoms with Gasteiger partial charge < -0.3 is 29.6 Å². The Bertz CT molecular complexity index is 1210. The van der Waals surface area contributed by atoms with Gasteiger partial charge in [0, 0.05) is 51.8 Å². The number of carbonyl (C=O) groups is 2. The predicted octanol–water partition coefficient (Wildman–Crippen LogP) is 8.45. The lowest BCUT2D eigenvalue weighted by Crippen LogP contribution is -2.27. The van der Waals surface area contributed by atoms with Crippen molar-refractivity contribution in [3.63, 3.8) is 0 Å². The first-order valence-electron chi connectivity index (χ1n) is 18.0. The summed E-state index contributed by atoms with van der Waals surface area (Å²) in [5.41, 5.74) is 14.2. The minimum Gasteiger partial charge on any atom is -0.488 e. The smallest absolute Gasteiger partial charge is 0.302 e. The highest BCUT2D eigenvalue weighted by atomic mass is 16.6. The maximum Gasteiger partial charge on any atom is 0.302 e. The zero-order valence-electron chi connectivity index (χ0n) is 30.5. The number of hydrogen-bond donors (Lipinski definition) is 2. The first-order chi connectivity index (χ1) is 23.2. The van der Waals surface area contributed by atoms with Gasteiger partial charge in [-0.25, -0.2) is 0 Å². The predicted molar refractivity (Wildman–Crippen MR) is 197 cm³/mol. The number of aryl methyl sites for hydroxylation is 1. The lowest BCUT2D eigenvalue weighted by Gasteiger charge is -2.28. The van der Waals surface area contributed by atoms with E-state index in [0.29, 0.717) is 22.9 Å². The second kappa shape index (κ2) is 23.5. The number of benzene rings is 2. The fourth-order valence-electron chi connectivity index (χ4n) is 5.49. The number of nitrogens with two attached hydrogens (primary N) is 1. The molecule has 0 fully saturated rings. The number of hydrogen-bond acceptors (Lipinski definition) is 10. The highest BCUT2D eigenvalue weighted by Gasteiger charge is 2.17. The molecule has 2 rings (SSSR count). The molecule has 0 amide bonds. The molecule has 10 nitrogen and oxygen atoms in total. The summed E-state index contributed by atoms with van der Waals surface area (Å²) in [4.78, 5) is 24.9. The van der Waals surface area contributed by atoms with E-state index in [0.717, 1.165) is 24.3 Å². The summed E-state index contributed by atoms with van der Waals surface area (Å²) in [5.74, 6) is 0.192. The van der Waals surface area contributed by atoms with E-state index >= 15 is 0 Å². The number of nitrogens with zero attached hydrogens (tertiary/aromatic N) is 2. The minimum atomic E-state index is -0.373. The topological polar surface area (TPSA) is 116 Å². The Hall–Kier alpha value is -3.82. The van der Waals surface area contributed by atoms with Gasteiger partial charge >= 0.3 is 11.9 Å². The minimum absolute atomic E-state index is 0.110. The van der Waals surface area contributed by atoms with Crippen molar-refractivity contribution < 1.29 is 28.5 Å². The summed E-state index contributed by atoms with van der Waals surface area (Å²) >= 11 is 0. The van der Waals surface area contributed by atoms with E-state index in [-0.39, 0.29) is 38.4 Å². The number of nitrogen functional groups attached to an aromatic ring is 1. The van der Waals surface area contributed by atoms with Gasteiger partial charge in [0.15, 0.2) is 0 Å². The van der Waals surface area contributed by atoms with Crippen LogP contribution in [0.1, 0.15) is 110 Å². The van der Waals surface area contributed by atoms with Crippen LogP contribution in [0.2, 0.25) is 0 Å². The lowest BCUT2D eigenvalue weighted by atomic mass is 10.1. The van der Waals surface area contributed by atoms with Gasteiger partial charge in [0.05, 0.1) is 11.4 Å². The molecule has 0 aliphatic rings. The van der Waals surface area contributed by atoms with Gasteiger partial charge in [-0.1, -0.05) is 78.1 Å². The van der Waals surface area contributed by atoms with Gasteiger partial charge in [0.1, 0.15) is 43.6 Å². The molecular weight excluding hydrogens is 608 g/mol. The molecule has 0 bridgehead atoms. The van der Waals surface area contributed by atoms with Crippen LogP contribution in [-0.2, 0) is 19.1 Å². The molecule has 0 unspecified atom stereocenters. The van der Waals surface area contributed by atoms with Crippen LogP contribution in [0, 0.1) is 6.92 Å². The third kappa shape index (κ3) is 15.8. The maximum atomic E-state index is 11.2. The van der Waals surface area contributed by atoms with Crippen molar-refractivity contribution in [1.82, 2.24) is 0 Å². The summed E-state index contributed by atoms with van der Waals surface area (Å²) in [6.07, 6.45) is 15.5. The second-order valence-corrected chi connectivity index (χ2v) is 12.4. The molecule has 0 spiro atoms. The average Bonchev–Trinajstić information content (AvgIpc) is 3.05. The number of hydrazine groups is 1. The zero-order chi connectivity index (χ0) is 35.1. The SMILES string of the molecule is CCCCCCCCN(CCCCCCCC)c1ccc(NN(C)c2cc(OCCOC(C)=O)c(N)cc2OCCOC(C)=O)c(C)c1. The van der Waals surface area contributed by atoms with Crippen molar-refractivity contribution in [2.24, 2.45) is 0 Å². The molecule has 10 heteroatoms. The Morgan fingerprint density at radius 2 is 1.23 bits per heavy atom. The Balaban J connectivity index is 2.20. The number of esters is 2. The second-order valence-electron chi connectivity index (χ2n) is 12.4. The van der Waals surface area contributed by atoms with Crippen molar-refractivity contribution in [2.45, 2.75) is 112 Å². The van der Waals surface area contributed by atoms with E-state index in [1.54, 1.807) is 12.1 Å². The fraction of sp³-hybridized carbons (Fsp3) is 0.632. The van der Waals surface area contributed by atoms with Crippen LogP contribution in [0.4, 0.5) is 22.7 Å². The summed E-state index contributed by atoms with van der Waals surface area (Å²) < 4.78 is 21.9. The number of nitrogens with one attached hydrogen (secondary N) is 1. The Labute approximate surface area is 289 Å². The molecule has 270 valence electrons. The largest absolute Gasteiger partial charge is 0.488 e. The standard InChI is InChI=1S/C38H62N4O6/c1-7-9-11-13-15-17-21-42(22-18-16-14-12-10-8-2)33-19-20-35(30(3)27-33)40-41(6)36-29-37(47-25-23-45-31(4)43)34(39)28-38(36)48-26-24-46-32(5)44/h19-20,27-29,40H,7-18,21-26,39H2,1-6H3. The molecule has 48 heavy (non-hydrogen) atoms. The monoisotopic (exact) mass is 670 g/mol. The number of unbranched alkanes of at least 4 members (excludes halogenated alkanes) is 10. The van der Waals surface area contributed by atoms with Crippen LogP contribution >= 0.6 is 0 Å². The number of rotatable bonds is 26. The van der Waals surface area contributed by atoms with E-state index in [4.69, 9.17) is 24.7 Å². The van der Waals surface area contributed by atoms with Crippen LogP contribution in [-0.4, -0.2) is 58.5 Å². The van der Waals surface area contributed by atoms with Gasteiger partial charge in [0.2, 0.25) is 0 Å². The van der Waals surface area contributed by atoms with Crippen molar-refractivity contribution in [2.75, 3.05) is 67.6 Å². The number of carbonyl (C=O) groups excluding carboxylic acids is 2. The molecule has 0 atom stereocenters. The van der Waals surface area contributed by atoms with E-state index in [1.165, 1.54) is 96.6 Å². The van der Waals surface area contributed by atoms with E-state index in [1.807, 2.05) is 12.1 Å². The van der Waals surface area contributed by atoms with Gasteiger partial charge in [0.25, 0.3) is 0 Å². The first kappa shape index (κ1) is 40.4. The number of ether oxygens (including phenoxy) is 4. The number of anilines is 4. The van der Waals surface area contributed by atoms with Crippen molar-refractivity contribution in [1.29, 1.82) is 0 Å². The molecule has 2 aromatic carbocycles. The van der Waals surface area contributed by atoms with E-state index in [9.17, 15) is 9.59 Å².